The lowest BCUT2D eigenvalue weighted by Gasteiger charge is -2.40. The molecule has 0 fully saturated rings. The van der Waals surface area contributed by atoms with Gasteiger partial charge in [0.15, 0.2) is 0 Å². The predicted octanol–water partition coefficient (Wildman–Crippen LogP) is 2.63. The first kappa shape index (κ1) is 63.8. The summed E-state index contributed by atoms with van der Waals surface area (Å²) in [6.07, 6.45) is 0.0875. The number of ether oxygens (including phenoxy) is 3. The molecule has 0 saturated heterocycles. The molecule has 10 amide bonds. The Morgan fingerprint density at radius 1 is 0.722 bits per heavy atom. The van der Waals surface area contributed by atoms with Crippen LogP contribution >= 0.6 is 0 Å². The molecule has 0 bridgehead atoms. The Kier molecular flexibility index (Phi) is 27.1. The van der Waals surface area contributed by atoms with E-state index in [2.05, 4.69) is 37.2 Å². The number of primary amides is 2. The molecule has 0 saturated carbocycles. The summed E-state index contributed by atoms with van der Waals surface area (Å²) in [4.78, 5) is 117. The number of nitrogens with zero attached hydrogens (tertiary/aromatic N) is 1. The third-order valence-corrected chi connectivity index (χ3v) is 11.7. The lowest BCUT2D eigenvalue weighted by molar-refractivity contribution is -0.144. The standard InChI is InChI=1S/C49H85N11O12/c1-14-30(6)39(35(70-13)26-36(51)61)60(12)43(65)38(29(4)5)58-44(66)49(10,11)59-47(69)71-27-31-20-22-32(23-21-31)55-41(63)34(19-17-25-53-45(52)67)56-42(64)37(28(2)3)57-40(62)33(50)18-15-16-24-54-46(68)72-48(7,8)9/h20-23,28-30,33-35,37-39H,14-19,24-27,50H2,1-13H3,(H2,51,61)(H,54,68)(H,55,63)(H,56,64)(H,57,62)(H,58,66)(H,59,69)(H3,52,53,67)/t30-,33-,34-,35+,37-,38-,39-/m0/s1. The second-order valence-corrected chi connectivity index (χ2v) is 20.2. The van der Waals surface area contributed by atoms with Gasteiger partial charge in [-0.3, -0.25) is 28.8 Å². The number of likely N-dealkylation sites (N-methyl/N-ethyl adjacent to an activating group) is 1. The van der Waals surface area contributed by atoms with Crippen LogP contribution in [0, 0.1) is 17.8 Å². The van der Waals surface area contributed by atoms with Gasteiger partial charge in [0.05, 0.1) is 24.6 Å². The van der Waals surface area contributed by atoms with Crippen LogP contribution in [-0.4, -0.2) is 133 Å². The fourth-order valence-electron chi connectivity index (χ4n) is 7.36. The number of nitrogens with two attached hydrogens (primary N) is 3. The van der Waals surface area contributed by atoms with Gasteiger partial charge in [0, 0.05) is 32.9 Å². The van der Waals surface area contributed by atoms with E-state index in [-0.39, 0.29) is 50.7 Å². The van der Waals surface area contributed by atoms with E-state index in [1.165, 1.54) is 25.9 Å². The van der Waals surface area contributed by atoms with Gasteiger partial charge in [-0.1, -0.05) is 60.1 Å². The molecule has 0 spiro atoms. The number of carbonyl (C=O) groups is 9. The summed E-state index contributed by atoms with van der Waals surface area (Å²) >= 11 is 0. The molecule has 13 N–H and O–H groups in total. The Hall–Kier alpha value is -6.23. The van der Waals surface area contributed by atoms with Gasteiger partial charge in [0.25, 0.3) is 0 Å². The maximum atomic E-state index is 13.9. The summed E-state index contributed by atoms with van der Waals surface area (Å²) in [5, 5.41) is 18.6. The number of alkyl carbamates (subject to hydrolysis) is 2. The fourth-order valence-corrected chi connectivity index (χ4v) is 7.36. The molecule has 72 heavy (non-hydrogen) atoms. The maximum absolute atomic E-state index is 13.9. The van der Waals surface area contributed by atoms with Crippen molar-refractivity contribution in [3.05, 3.63) is 29.8 Å². The Morgan fingerprint density at radius 2 is 1.32 bits per heavy atom. The zero-order valence-electron chi connectivity index (χ0n) is 44.7. The quantitative estimate of drug-likeness (QED) is 0.0496. The van der Waals surface area contributed by atoms with Crippen molar-refractivity contribution in [2.75, 3.05) is 32.6 Å². The minimum Gasteiger partial charge on any atom is -0.445 e. The van der Waals surface area contributed by atoms with Crippen molar-refractivity contribution < 1.29 is 57.4 Å². The van der Waals surface area contributed by atoms with Crippen molar-refractivity contribution in [3.63, 3.8) is 0 Å². The maximum Gasteiger partial charge on any atom is 0.408 e. The Labute approximate surface area is 425 Å². The number of hydrogen-bond acceptors (Lipinski definition) is 13. The first-order chi connectivity index (χ1) is 33.4. The summed E-state index contributed by atoms with van der Waals surface area (Å²) < 4.78 is 16.2. The molecule has 0 unspecified atom stereocenters. The number of rotatable bonds is 30. The first-order valence-electron chi connectivity index (χ1n) is 24.5. The minimum atomic E-state index is -1.53. The SMILES string of the molecule is CC[C@H](C)[C@@H]([C@@H](CC(N)=O)OC)N(C)C(=O)[C@@H](NC(=O)C(C)(C)NC(=O)OCc1ccc(NC(=O)[C@H](CCCNC(N)=O)NC(=O)[C@@H](NC(=O)[C@@H](N)CCCCNC(=O)OC(C)(C)C)C(C)C)cc1)C(C)C. The molecule has 0 radical (unpaired) electrons. The molecule has 0 aliphatic rings. The van der Waals surface area contributed by atoms with Crippen molar-refractivity contribution in [2.24, 2.45) is 35.0 Å². The van der Waals surface area contributed by atoms with Gasteiger partial charge in [-0.25, -0.2) is 14.4 Å². The number of benzene rings is 1. The third kappa shape index (κ3) is 23.3. The Bertz CT molecular complexity index is 1960. The molecule has 0 aliphatic heterocycles. The summed E-state index contributed by atoms with van der Waals surface area (Å²) in [7, 11) is 3.04. The highest BCUT2D eigenvalue weighted by atomic mass is 16.6. The van der Waals surface area contributed by atoms with Crippen LogP contribution in [0.3, 0.4) is 0 Å². The van der Waals surface area contributed by atoms with E-state index in [9.17, 15) is 43.2 Å². The van der Waals surface area contributed by atoms with E-state index in [0.29, 0.717) is 37.1 Å². The largest absolute Gasteiger partial charge is 0.445 e. The van der Waals surface area contributed by atoms with Gasteiger partial charge < -0.3 is 73.5 Å². The number of urea groups is 1. The summed E-state index contributed by atoms with van der Waals surface area (Å²) in [5.41, 5.74) is 15.5. The molecule has 1 aromatic carbocycles. The number of nitrogens with one attached hydrogen (secondary N) is 7. The molecule has 0 aromatic heterocycles. The van der Waals surface area contributed by atoms with Crippen LogP contribution in [0.2, 0.25) is 0 Å². The van der Waals surface area contributed by atoms with Crippen LogP contribution in [0.1, 0.15) is 127 Å². The van der Waals surface area contributed by atoms with E-state index in [1.54, 1.807) is 79.8 Å². The van der Waals surface area contributed by atoms with E-state index in [4.69, 9.17) is 31.4 Å². The van der Waals surface area contributed by atoms with Gasteiger partial charge in [-0.05, 0) is 102 Å². The Morgan fingerprint density at radius 3 is 1.85 bits per heavy atom. The highest BCUT2D eigenvalue weighted by Crippen LogP contribution is 2.24. The zero-order chi connectivity index (χ0) is 55.1. The first-order valence-corrected chi connectivity index (χ1v) is 24.5. The zero-order valence-corrected chi connectivity index (χ0v) is 44.7. The number of amides is 10. The Balaban J connectivity index is 2.98. The van der Waals surface area contributed by atoms with Crippen molar-refractivity contribution in [1.29, 1.82) is 0 Å². The number of methoxy groups -OCH3 is 1. The number of hydrogen-bond donors (Lipinski definition) is 10. The van der Waals surface area contributed by atoms with E-state index in [0.717, 1.165) is 0 Å². The van der Waals surface area contributed by atoms with Gasteiger partial charge in [0.2, 0.25) is 35.4 Å². The molecule has 1 aromatic rings. The highest BCUT2D eigenvalue weighted by molar-refractivity contribution is 5.99. The van der Waals surface area contributed by atoms with Crippen LogP contribution in [0.5, 0.6) is 0 Å². The molecule has 23 heteroatoms. The van der Waals surface area contributed by atoms with Gasteiger partial charge in [-0.2, -0.15) is 0 Å². The highest BCUT2D eigenvalue weighted by Gasteiger charge is 2.40. The number of anilines is 1. The molecule has 0 aliphatic carbocycles. The van der Waals surface area contributed by atoms with Crippen molar-refractivity contribution in [1.82, 2.24) is 36.8 Å². The van der Waals surface area contributed by atoms with E-state index < -0.39 is 107 Å². The van der Waals surface area contributed by atoms with E-state index in [1.807, 2.05) is 13.8 Å². The molecule has 7 atom stereocenters. The molecule has 1 rings (SSSR count). The monoisotopic (exact) mass is 1020 g/mol. The average molecular weight is 1020 g/mol. The van der Waals surface area contributed by atoms with Crippen LogP contribution in [-0.2, 0) is 49.6 Å². The van der Waals surface area contributed by atoms with Crippen LogP contribution < -0.4 is 54.4 Å². The van der Waals surface area contributed by atoms with Crippen LogP contribution in [0.15, 0.2) is 24.3 Å². The topological polar surface area (TPSA) is 347 Å². The smallest absolute Gasteiger partial charge is 0.408 e. The van der Waals surface area contributed by atoms with Crippen LogP contribution in [0.25, 0.3) is 0 Å². The van der Waals surface area contributed by atoms with Crippen molar-refractivity contribution in [2.45, 2.75) is 175 Å². The van der Waals surface area contributed by atoms with Gasteiger partial charge in [-0.15, -0.1) is 0 Å². The van der Waals surface area contributed by atoms with Crippen molar-refractivity contribution >= 4 is 59.3 Å². The fraction of sp³-hybridized carbons (Fsp3) is 0.694. The average Bonchev–Trinajstić information content (AvgIpc) is 3.28. The van der Waals surface area contributed by atoms with Gasteiger partial charge >= 0.3 is 18.2 Å². The molecule has 0 heterocycles. The molecule has 23 nitrogen and oxygen atoms in total. The van der Waals surface area contributed by atoms with Gasteiger partial charge in [0.1, 0.15) is 35.9 Å². The predicted molar refractivity (Wildman–Crippen MR) is 271 cm³/mol. The normalized spacial score (nSPS) is 14.5. The summed E-state index contributed by atoms with van der Waals surface area (Å²) in [6, 6.07) is 0.898. The third-order valence-electron chi connectivity index (χ3n) is 11.7. The van der Waals surface area contributed by atoms with E-state index >= 15 is 0 Å². The minimum absolute atomic E-state index is 0.0827. The number of unbranched alkanes of at least 4 members (excludes halogenated alkanes) is 1. The second-order valence-electron chi connectivity index (χ2n) is 20.2. The summed E-state index contributed by atoms with van der Waals surface area (Å²) in [5.74, 6) is -4.28. The van der Waals surface area contributed by atoms with Crippen molar-refractivity contribution in [3.8, 4) is 0 Å². The summed E-state index contributed by atoms with van der Waals surface area (Å²) in [6.45, 7) is 19.3. The molecular weight excluding hydrogens is 935 g/mol. The van der Waals surface area contributed by atoms with Crippen LogP contribution in [0.4, 0.5) is 20.1 Å². The molecule has 408 valence electrons. The number of carbonyl (C=O) groups excluding carboxylic acids is 9. The lowest BCUT2D eigenvalue weighted by atomic mass is 9.89. The second kappa shape index (κ2) is 30.6. The molecular formula is C49H85N11O12. The lowest BCUT2D eigenvalue weighted by Crippen LogP contribution is -2.62.